The van der Waals surface area contributed by atoms with E-state index in [1.807, 2.05) is 0 Å². The molecule has 0 spiro atoms. The molecule has 0 aromatic heterocycles. The number of esters is 2. The van der Waals surface area contributed by atoms with E-state index < -0.39 is 5.97 Å². The van der Waals surface area contributed by atoms with E-state index in [-0.39, 0.29) is 29.4 Å². The van der Waals surface area contributed by atoms with Gasteiger partial charge in [0.25, 0.3) is 0 Å². The molecular formula is C29H46O6. The first kappa shape index (κ1) is 29.3. The molecule has 6 heteroatoms. The second-order valence-corrected chi connectivity index (χ2v) is 10.7. The van der Waals surface area contributed by atoms with E-state index in [0.29, 0.717) is 37.9 Å². The number of hydrogen-bond acceptors (Lipinski definition) is 6. The molecule has 0 bridgehead atoms. The smallest absolute Gasteiger partial charge is 0.330 e. The number of unbranched alkanes of at least 4 members (excludes halogenated alkanes) is 2. The van der Waals surface area contributed by atoms with E-state index >= 15 is 0 Å². The molecule has 2 aliphatic carbocycles. The summed E-state index contributed by atoms with van der Waals surface area (Å²) in [6.07, 6.45) is 14.6. The van der Waals surface area contributed by atoms with Gasteiger partial charge >= 0.3 is 11.9 Å². The van der Waals surface area contributed by atoms with Gasteiger partial charge in [-0.15, -0.1) is 0 Å². The highest BCUT2D eigenvalue weighted by molar-refractivity contribution is 5.89. The van der Waals surface area contributed by atoms with Crippen molar-refractivity contribution in [1.82, 2.24) is 0 Å². The first-order valence-corrected chi connectivity index (χ1v) is 13.5. The molecule has 0 radical (unpaired) electrons. The highest BCUT2D eigenvalue weighted by atomic mass is 16.5. The van der Waals surface area contributed by atoms with Crippen LogP contribution in [0.1, 0.15) is 97.3 Å². The fourth-order valence-corrected chi connectivity index (χ4v) is 5.68. The Balaban J connectivity index is 1.61. The van der Waals surface area contributed by atoms with Gasteiger partial charge in [-0.05, 0) is 94.0 Å². The van der Waals surface area contributed by atoms with Gasteiger partial charge in [0.1, 0.15) is 6.10 Å². The quantitative estimate of drug-likeness (QED) is 0.156. The maximum Gasteiger partial charge on any atom is 0.330 e. The second-order valence-electron chi connectivity index (χ2n) is 10.7. The van der Waals surface area contributed by atoms with Crippen LogP contribution in [0, 0.1) is 17.3 Å². The van der Waals surface area contributed by atoms with Crippen LogP contribution in [0.3, 0.4) is 0 Å². The Morgan fingerprint density at radius 1 is 0.771 bits per heavy atom. The van der Waals surface area contributed by atoms with Crippen LogP contribution in [0.4, 0.5) is 0 Å². The molecular weight excluding hydrogens is 444 g/mol. The topological polar surface area (TPSA) is 78.9 Å². The largest absolute Gasteiger partial charge is 0.463 e. The summed E-state index contributed by atoms with van der Waals surface area (Å²) in [6.45, 7) is 12.6. The summed E-state index contributed by atoms with van der Waals surface area (Å²) >= 11 is 0. The van der Waals surface area contributed by atoms with Crippen molar-refractivity contribution >= 4 is 17.7 Å². The average molecular weight is 491 g/mol. The number of rotatable bonds is 15. The van der Waals surface area contributed by atoms with Crippen LogP contribution in [0.15, 0.2) is 25.3 Å². The maximum absolute atomic E-state index is 12.2. The van der Waals surface area contributed by atoms with Gasteiger partial charge in [-0.2, -0.15) is 0 Å². The first-order valence-electron chi connectivity index (χ1n) is 13.5. The molecule has 0 atom stereocenters. The van der Waals surface area contributed by atoms with Crippen LogP contribution in [0.25, 0.3) is 0 Å². The highest BCUT2D eigenvalue weighted by Gasteiger charge is 2.41. The monoisotopic (exact) mass is 490 g/mol. The van der Waals surface area contributed by atoms with Crippen molar-refractivity contribution in [1.29, 1.82) is 0 Å². The third-order valence-corrected chi connectivity index (χ3v) is 8.12. The van der Waals surface area contributed by atoms with Crippen molar-refractivity contribution < 1.29 is 28.6 Å². The Labute approximate surface area is 211 Å². The van der Waals surface area contributed by atoms with Gasteiger partial charge in [-0.3, -0.25) is 9.59 Å². The number of ether oxygens (including phenoxy) is 3. The second kappa shape index (κ2) is 15.2. The molecule has 2 rings (SSSR count). The third kappa shape index (κ3) is 10.3. The standard InChI is InChI=1S/C29H46O6/c1-5-24(30)19-21-33-25-15-11-22(12-16-25)29(3,4)23-13-17-26(18-14-23)35-28(32)10-8-7-9-20-34-27(31)6-2/h5-6,22-23,25-26H,1-2,7-21H2,3-4H3. The molecule has 2 saturated carbocycles. The van der Waals surface area contributed by atoms with Gasteiger partial charge in [0.15, 0.2) is 5.78 Å². The van der Waals surface area contributed by atoms with Crippen LogP contribution < -0.4 is 0 Å². The predicted octanol–water partition coefficient (Wildman–Crippen LogP) is 6.12. The van der Waals surface area contributed by atoms with Crippen LogP contribution in [0.5, 0.6) is 0 Å². The SMILES string of the molecule is C=CC(=O)CCOC1CCC(C(C)(C)C2CCC(OC(=O)CCCCCOC(=O)C=C)CC2)CC1. The lowest BCUT2D eigenvalue weighted by Crippen LogP contribution is -2.39. The molecule has 0 aromatic rings. The molecule has 0 N–H and O–H groups in total. The molecule has 0 aliphatic heterocycles. The van der Waals surface area contributed by atoms with E-state index in [1.165, 1.54) is 18.9 Å². The first-order chi connectivity index (χ1) is 16.8. The summed E-state index contributed by atoms with van der Waals surface area (Å²) < 4.78 is 16.6. The lowest BCUT2D eigenvalue weighted by atomic mass is 9.60. The lowest BCUT2D eigenvalue weighted by Gasteiger charge is -2.46. The molecule has 198 valence electrons. The van der Waals surface area contributed by atoms with Gasteiger partial charge in [0, 0.05) is 18.9 Å². The van der Waals surface area contributed by atoms with Crippen molar-refractivity contribution in [2.75, 3.05) is 13.2 Å². The minimum Gasteiger partial charge on any atom is -0.463 e. The highest BCUT2D eigenvalue weighted by Crippen LogP contribution is 2.48. The lowest BCUT2D eigenvalue weighted by molar-refractivity contribution is -0.152. The number of ketones is 1. The molecule has 2 fully saturated rings. The zero-order valence-electron chi connectivity index (χ0n) is 21.9. The molecule has 2 aliphatic rings. The molecule has 0 saturated heterocycles. The van der Waals surface area contributed by atoms with E-state index in [4.69, 9.17) is 14.2 Å². The predicted molar refractivity (Wildman–Crippen MR) is 137 cm³/mol. The Kier molecular flexibility index (Phi) is 12.7. The van der Waals surface area contributed by atoms with E-state index in [9.17, 15) is 14.4 Å². The van der Waals surface area contributed by atoms with Crippen LogP contribution in [-0.4, -0.2) is 43.1 Å². The molecule has 35 heavy (non-hydrogen) atoms. The minimum absolute atomic E-state index is 0.0462. The van der Waals surface area contributed by atoms with Crippen molar-refractivity contribution in [3.8, 4) is 0 Å². The normalized spacial score (nSPS) is 24.9. The Hall–Kier alpha value is -1.95. The summed E-state index contributed by atoms with van der Waals surface area (Å²) in [7, 11) is 0. The van der Waals surface area contributed by atoms with Crippen molar-refractivity contribution in [3.63, 3.8) is 0 Å². The van der Waals surface area contributed by atoms with Gasteiger partial charge in [-0.1, -0.05) is 27.0 Å². The number of hydrogen-bond donors (Lipinski definition) is 0. The molecule has 0 amide bonds. The average Bonchev–Trinajstić information content (AvgIpc) is 2.86. The fraction of sp³-hybridized carbons (Fsp3) is 0.759. The third-order valence-electron chi connectivity index (χ3n) is 8.12. The van der Waals surface area contributed by atoms with Crippen molar-refractivity contribution in [2.24, 2.45) is 17.3 Å². The zero-order chi connectivity index (χ0) is 25.7. The minimum atomic E-state index is -0.404. The Morgan fingerprint density at radius 2 is 1.37 bits per heavy atom. The van der Waals surface area contributed by atoms with Crippen LogP contribution in [0.2, 0.25) is 0 Å². The van der Waals surface area contributed by atoms with Crippen LogP contribution >= 0.6 is 0 Å². The van der Waals surface area contributed by atoms with E-state index in [2.05, 4.69) is 27.0 Å². The Bertz CT molecular complexity index is 696. The van der Waals surface area contributed by atoms with E-state index in [0.717, 1.165) is 63.9 Å². The van der Waals surface area contributed by atoms with Crippen molar-refractivity contribution in [3.05, 3.63) is 25.3 Å². The number of carbonyl (C=O) groups excluding carboxylic acids is 3. The maximum atomic E-state index is 12.2. The van der Waals surface area contributed by atoms with Gasteiger partial charge in [0.05, 0.1) is 19.3 Å². The summed E-state index contributed by atoms with van der Waals surface area (Å²) in [4.78, 5) is 34.6. The summed E-state index contributed by atoms with van der Waals surface area (Å²) in [6, 6.07) is 0. The summed E-state index contributed by atoms with van der Waals surface area (Å²) in [5, 5.41) is 0. The Morgan fingerprint density at radius 3 is 1.94 bits per heavy atom. The van der Waals surface area contributed by atoms with Gasteiger partial charge in [0.2, 0.25) is 0 Å². The molecule has 6 nitrogen and oxygen atoms in total. The number of carbonyl (C=O) groups is 3. The molecule has 0 unspecified atom stereocenters. The zero-order valence-corrected chi connectivity index (χ0v) is 21.9. The van der Waals surface area contributed by atoms with Crippen LogP contribution in [-0.2, 0) is 28.6 Å². The van der Waals surface area contributed by atoms with Gasteiger partial charge < -0.3 is 14.2 Å². The molecule has 0 aromatic carbocycles. The van der Waals surface area contributed by atoms with Gasteiger partial charge in [-0.25, -0.2) is 4.79 Å². The fourth-order valence-electron chi connectivity index (χ4n) is 5.68. The summed E-state index contributed by atoms with van der Waals surface area (Å²) in [5.74, 6) is 0.878. The molecule has 0 heterocycles. The number of allylic oxidation sites excluding steroid dienone is 1. The van der Waals surface area contributed by atoms with E-state index in [1.54, 1.807) is 0 Å². The summed E-state index contributed by atoms with van der Waals surface area (Å²) in [5.41, 5.74) is 0.272. The van der Waals surface area contributed by atoms with Crippen molar-refractivity contribution in [2.45, 2.75) is 110 Å².